The predicted molar refractivity (Wildman–Crippen MR) is 75.7 cm³/mol. The Balaban J connectivity index is 1.98. The molecular weight excluding hydrogens is 242 g/mol. The average Bonchev–Trinajstić information content (AvgIpc) is 2.38. The minimum atomic E-state index is -0.412. The molecule has 0 fully saturated rings. The Morgan fingerprint density at radius 3 is 2.53 bits per heavy atom. The molecule has 100 valence electrons. The molecule has 0 amide bonds. The molecule has 19 heavy (non-hydrogen) atoms. The molecule has 1 aromatic heterocycles. The summed E-state index contributed by atoms with van der Waals surface area (Å²) in [5.74, 6) is 0.459. The number of aromatic nitrogens is 2. The third-order valence-corrected chi connectivity index (χ3v) is 2.99. The molecule has 1 aromatic carbocycles. The van der Waals surface area contributed by atoms with Crippen molar-refractivity contribution in [3.63, 3.8) is 0 Å². The van der Waals surface area contributed by atoms with Crippen LogP contribution in [0, 0.1) is 6.92 Å². The number of nitrogens with zero attached hydrogens (tertiary/aromatic N) is 1. The SMILES string of the molecule is Cc1ccc(CCNc2cc(=O)n(C)c(=O)[nH]2)cc1. The lowest BCUT2D eigenvalue weighted by Gasteiger charge is -2.07. The van der Waals surface area contributed by atoms with Gasteiger partial charge in [-0.1, -0.05) is 29.8 Å². The lowest BCUT2D eigenvalue weighted by atomic mass is 10.1. The molecule has 5 nitrogen and oxygen atoms in total. The zero-order chi connectivity index (χ0) is 13.8. The number of anilines is 1. The van der Waals surface area contributed by atoms with Gasteiger partial charge in [0.1, 0.15) is 5.82 Å². The van der Waals surface area contributed by atoms with Crippen molar-refractivity contribution in [1.82, 2.24) is 9.55 Å². The Hall–Kier alpha value is -2.30. The van der Waals surface area contributed by atoms with Gasteiger partial charge in [-0.3, -0.25) is 14.3 Å². The van der Waals surface area contributed by atoms with E-state index in [4.69, 9.17) is 0 Å². The average molecular weight is 259 g/mol. The minimum Gasteiger partial charge on any atom is -0.371 e. The Bertz CT molecular complexity index is 637. The van der Waals surface area contributed by atoms with E-state index in [-0.39, 0.29) is 5.56 Å². The first-order chi connectivity index (χ1) is 9.06. The van der Waals surface area contributed by atoms with Gasteiger partial charge < -0.3 is 5.32 Å². The van der Waals surface area contributed by atoms with Gasteiger partial charge in [0.05, 0.1) is 0 Å². The third-order valence-electron chi connectivity index (χ3n) is 2.99. The summed E-state index contributed by atoms with van der Waals surface area (Å²) in [6, 6.07) is 9.66. The van der Waals surface area contributed by atoms with Gasteiger partial charge in [-0.25, -0.2) is 4.79 Å². The number of hydrogen-bond donors (Lipinski definition) is 2. The zero-order valence-corrected chi connectivity index (χ0v) is 11.1. The molecule has 0 spiro atoms. The predicted octanol–water partition coefficient (Wildman–Crippen LogP) is 1.04. The highest BCUT2D eigenvalue weighted by atomic mass is 16.2. The van der Waals surface area contributed by atoms with Gasteiger partial charge in [0, 0.05) is 19.7 Å². The first-order valence-electron chi connectivity index (χ1n) is 6.16. The van der Waals surface area contributed by atoms with Gasteiger partial charge in [-0.05, 0) is 18.9 Å². The first kappa shape index (κ1) is 13.1. The summed E-state index contributed by atoms with van der Waals surface area (Å²) >= 11 is 0. The smallest absolute Gasteiger partial charge is 0.329 e. The summed E-state index contributed by atoms with van der Waals surface area (Å²) in [7, 11) is 1.44. The van der Waals surface area contributed by atoms with Crippen molar-refractivity contribution in [3.8, 4) is 0 Å². The molecule has 0 atom stereocenters. The van der Waals surface area contributed by atoms with Crippen LogP contribution in [0.25, 0.3) is 0 Å². The molecule has 2 N–H and O–H groups in total. The number of rotatable bonds is 4. The van der Waals surface area contributed by atoms with Crippen molar-refractivity contribution in [1.29, 1.82) is 0 Å². The molecule has 5 heteroatoms. The fourth-order valence-corrected chi connectivity index (χ4v) is 1.75. The Morgan fingerprint density at radius 1 is 1.21 bits per heavy atom. The molecule has 0 bridgehead atoms. The molecule has 1 heterocycles. The largest absolute Gasteiger partial charge is 0.371 e. The maximum absolute atomic E-state index is 11.4. The number of aryl methyl sites for hydroxylation is 1. The number of hydrogen-bond acceptors (Lipinski definition) is 3. The summed E-state index contributed by atoms with van der Waals surface area (Å²) in [4.78, 5) is 25.4. The van der Waals surface area contributed by atoms with E-state index in [2.05, 4.69) is 34.6 Å². The normalized spacial score (nSPS) is 10.4. The maximum atomic E-state index is 11.4. The van der Waals surface area contributed by atoms with Crippen LogP contribution in [0.5, 0.6) is 0 Å². The molecule has 0 saturated carbocycles. The van der Waals surface area contributed by atoms with E-state index in [0.717, 1.165) is 11.0 Å². The summed E-state index contributed by atoms with van der Waals surface area (Å²) in [6.45, 7) is 2.71. The second-order valence-corrected chi connectivity index (χ2v) is 4.55. The molecule has 0 radical (unpaired) electrons. The van der Waals surface area contributed by atoms with Crippen LogP contribution in [0.15, 0.2) is 39.9 Å². The van der Waals surface area contributed by atoms with Crippen LogP contribution < -0.4 is 16.6 Å². The minimum absolute atomic E-state index is 0.318. The molecule has 0 aliphatic carbocycles. The van der Waals surface area contributed by atoms with Crippen LogP contribution >= 0.6 is 0 Å². The lowest BCUT2D eigenvalue weighted by Crippen LogP contribution is -2.32. The zero-order valence-electron chi connectivity index (χ0n) is 11.1. The van der Waals surface area contributed by atoms with Crippen molar-refractivity contribution < 1.29 is 0 Å². The Morgan fingerprint density at radius 2 is 1.89 bits per heavy atom. The van der Waals surface area contributed by atoms with Crippen LogP contribution in [0.2, 0.25) is 0 Å². The summed E-state index contributed by atoms with van der Waals surface area (Å²) in [6.07, 6.45) is 0.831. The van der Waals surface area contributed by atoms with Gasteiger partial charge in [-0.2, -0.15) is 0 Å². The van der Waals surface area contributed by atoms with Gasteiger partial charge in [0.15, 0.2) is 0 Å². The summed E-state index contributed by atoms with van der Waals surface area (Å²) < 4.78 is 1.03. The Labute approximate surface area is 110 Å². The fourth-order valence-electron chi connectivity index (χ4n) is 1.75. The standard InChI is InChI=1S/C14H17N3O2/c1-10-3-5-11(6-4-10)7-8-15-12-9-13(18)17(2)14(19)16-12/h3-6,9,15H,7-8H2,1-2H3,(H,16,19). The van der Waals surface area contributed by atoms with Gasteiger partial charge >= 0.3 is 5.69 Å². The number of H-pyrrole nitrogens is 1. The van der Waals surface area contributed by atoms with Crippen molar-refractivity contribution in [2.45, 2.75) is 13.3 Å². The van der Waals surface area contributed by atoms with E-state index in [9.17, 15) is 9.59 Å². The highest BCUT2D eigenvalue weighted by Crippen LogP contribution is 2.04. The van der Waals surface area contributed by atoms with Gasteiger partial charge in [-0.15, -0.1) is 0 Å². The lowest BCUT2D eigenvalue weighted by molar-refractivity contribution is 0.775. The van der Waals surface area contributed by atoms with E-state index in [1.165, 1.54) is 24.2 Å². The summed E-state index contributed by atoms with van der Waals surface area (Å²) in [5, 5.41) is 3.05. The van der Waals surface area contributed by atoms with E-state index in [0.29, 0.717) is 12.4 Å². The second-order valence-electron chi connectivity index (χ2n) is 4.55. The molecule has 2 rings (SSSR count). The maximum Gasteiger partial charge on any atom is 0.329 e. The second kappa shape index (κ2) is 5.56. The molecule has 2 aromatic rings. The summed E-state index contributed by atoms with van der Waals surface area (Å²) in [5.41, 5.74) is 1.71. The van der Waals surface area contributed by atoms with Crippen LogP contribution in [-0.4, -0.2) is 16.1 Å². The molecule has 0 aliphatic heterocycles. The highest BCUT2D eigenvalue weighted by Gasteiger charge is 2.00. The topological polar surface area (TPSA) is 66.9 Å². The molecule has 0 saturated heterocycles. The van der Waals surface area contributed by atoms with Crippen LogP contribution in [0.4, 0.5) is 5.82 Å². The fraction of sp³-hybridized carbons (Fsp3) is 0.286. The van der Waals surface area contributed by atoms with E-state index in [1.807, 2.05) is 6.92 Å². The third kappa shape index (κ3) is 3.34. The number of nitrogens with one attached hydrogen (secondary N) is 2. The van der Waals surface area contributed by atoms with Crippen molar-refractivity contribution >= 4 is 5.82 Å². The number of benzene rings is 1. The van der Waals surface area contributed by atoms with E-state index in [1.54, 1.807) is 0 Å². The number of aromatic amines is 1. The van der Waals surface area contributed by atoms with E-state index < -0.39 is 5.69 Å². The van der Waals surface area contributed by atoms with Crippen molar-refractivity contribution in [2.75, 3.05) is 11.9 Å². The van der Waals surface area contributed by atoms with Gasteiger partial charge in [0.2, 0.25) is 0 Å². The quantitative estimate of drug-likeness (QED) is 0.862. The molecule has 0 unspecified atom stereocenters. The molecule has 0 aliphatic rings. The van der Waals surface area contributed by atoms with Crippen molar-refractivity contribution in [3.05, 3.63) is 62.3 Å². The van der Waals surface area contributed by atoms with Crippen LogP contribution in [0.1, 0.15) is 11.1 Å². The monoisotopic (exact) mass is 259 g/mol. The molecular formula is C14H17N3O2. The van der Waals surface area contributed by atoms with Crippen LogP contribution in [0.3, 0.4) is 0 Å². The highest BCUT2D eigenvalue weighted by molar-refractivity contribution is 5.32. The Kier molecular flexibility index (Phi) is 3.85. The van der Waals surface area contributed by atoms with Crippen molar-refractivity contribution in [2.24, 2.45) is 7.05 Å². The van der Waals surface area contributed by atoms with Crippen LogP contribution in [-0.2, 0) is 13.5 Å². The van der Waals surface area contributed by atoms with E-state index >= 15 is 0 Å². The van der Waals surface area contributed by atoms with Gasteiger partial charge in [0.25, 0.3) is 5.56 Å². The first-order valence-corrected chi connectivity index (χ1v) is 6.16.